The highest BCUT2D eigenvalue weighted by atomic mass is 35.5. The van der Waals surface area contributed by atoms with E-state index < -0.39 is 31.7 Å². The van der Waals surface area contributed by atoms with Crippen LogP contribution in [0.2, 0.25) is 5.02 Å². The molecule has 0 saturated heterocycles. The van der Waals surface area contributed by atoms with Crippen LogP contribution < -0.4 is 20.1 Å². The number of hydrogen-bond donors (Lipinski definition) is 2. The van der Waals surface area contributed by atoms with Crippen LogP contribution in [0.15, 0.2) is 53.6 Å². The van der Waals surface area contributed by atoms with E-state index >= 15 is 0 Å². The van der Waals surface area contributed by atoms with Crippen LogP contribution in [0, 0.1) is 6.92 Å². The van der Waals surface area contributed by atoms with Crippen molar-refractivity contribution in [2.75, 3.05) is 28.5 Å². The maximum absolute atomic E-state index is 13.2. The van der Waals surface area contributed by atoms with Gasteiger partial charge in [-0.05, 0) is 48.9 Å². The molecule has 174 valence electrons. The minimum absolute atomic E-state index is 0.100. The number of alkyl halides is 3. The summed E-state index contributed by atoms with van der Waals surface area (Å²) in [7, 11) is -4.40. The summed E-state index contributed by atoms with van der Waals surface area (Å²) in [6, 6.07) is 9.00. The van der Waals surface area contributed by atoms with Crippen molar-refractivity contribution in [2.24, 2.45) is 0 Å². The highest BCUT2D eigenvalue weighted by molar-refractivity contribution is 7.92. The van der Waals surface area contributed by atoms with E-state index in [2.05, 4.69) is 9.71 Å². The van der Waals surface area contributed by atoms with Crippen molar-refractivity contribution in [1.82, 2.24) is 4.98 Å². The Balaban J connectivity index is 1.76. The summed E-state index contributed by atoms with van der Waals surface area (Å²) >= 11 is 5.63. The van der Waals surface area contributed by atoms with E-state index in [4.69, 9.17) is 22.1 Å². The van der Waals surface area contributed by atoms with Gasteiger partial charge >= 0.3 is 6.18 Å². The Morgan fingerprint density at radius 1 is 1.18 bits per heavy atom. The number of hydrogen-bond acceptors (Lipinski definition) is 6. The zero-order chi connectivity index (χ0) is 24.0. The predicted octanol–water partition coefficient (Wildman–Crippen LogP) is 4.98. The van der Waals surface area contributed by atoms with Crippen LogP contribution in [0.1, 0.15) is 11.1 Å². The lowest BCUT2D eigenvalue weighted by atomic mass is 10.2. The molecule has 0 radical (unpaired) electrons. The van der Waals surface area contributed by atoms with Crippen molar-refractivity contribution in [3.63, 3.8) is 0 Å². The highest BCUT2D eigenvalue weighted by Crippen LogP contribution is 2.41. The molecule has 1 aliphatic rings. The average Bonchev–Trinajstić information content (AvgIpc) is 2.72. The molecule has 0 amide bonds. The number of nitrogens with one attached hydrogen (secondary N) is 1. The second kappa shape index (κ2) is 8.31. The lowest BCUT2D eigenvalue weighted by Crippen LogP contribution is -2.30. The Morgan fingerprint density at radius 2 is 1.94 bits per heavy atom. The predicted molar refractivity (Wildman–Crippen MR) is 120 cm³/mol. The molecule has 0 unspecified atom stereocenters. The molecule has 3 N–H and O–H groups in total. The number of nitrogens with two attached hydrogens (primary N) is 1. The first kappa shape index (κ1) is 23.0. The third-order valence-electron chi connectivity index (χ3n) is 4.90. The van der Waals surface area contributed by atoms with E-state index in [-0.39, 0.29) is 11.5 Å². The lowest BCUT2D eigenvalue weighted by Gasteiger charge is -2.32. The number of ether oxygens (including phenoxy) is 1. The zero-order valence-corrected chi connectivity index (χ0v) is 18.7. The minimum Gasteiger partial charge on any atom is -0.489 e. The molecule has 12 heteroatoms. The molecule has 1 aliphatic heterocycles. The molecule has 2 aromatic carbocycles. The van der Waals surface area contributed by atoms with Gasteiger partial charge in [-0.1, -0.05) is 11.6 Å². The number of aryl methyl sites for hydroxylation is 1. The van der Waals surface area contributed by atoms with Crippen LogP contribution >= 0.6 is 11.6 Å². The minimum atomic E-state index is -4.81. The van der Waals surface area contributed by atoms with Crippen LogP contribution in [0.4, 0.5) is 36.1 Å². The SMILES string of the molecule is Cc1cnc(N2CCOc3cc(N)ccc32)c(NS(=O)(=O)c2ccc(Cl)c(C(F)(F)F)c2)c1. The van der Waals surface area contributed by atoms with E-state index in [9.17, 15) is 21.6 Å². The monoisotopic (exact) mass is 498 g/mol. The van der Waals surface area contributed by atoms with Crippen molar-refractivity contribution < 1.29 is 26.3 Å². The van der Waals surface area contributed by atoms with Crippen LogP contribution in [-0.2, 0) is 16.2 Å². The van der Waals surface area contributed by atoms with Crippen LogP contribution in [0.25, 0.3) is 0 Å². The number of aromatic nitrogens is 1. The van der Waals surface area contributed by atoms with Gasteiger partial charge in [0.05, 0.1) is 33.4 Å². The van der Waals surface area contributed by atoms with Crippen molar-refractivity contribution in [3.05, 3.63) is 64.8 Å². The first-order valence-electron chi connectivity index (χ1n) is 9.62. The number of benzene rings is 2. The maximum Gasteiger partial charge on any atom is 0.417 e. The maximum atomic E-state index is 13.2. The Labute approximate surface area is 193 Å². The largest absolute Gasteiger partial charge is 0.489 e. The van der Waals surface area contributed by atoms with Gasteiger partial charge in [0.1, 0.15) is 12.4 Å². The topological polar surface area (TPSA) is 97.6 Å². The van der Waals surface area contributed by atoms with E-state index in [1.54, 1.807) is 42.3 Å². The Kier molecular flexibility index (Phi) is 5.79. The second-order valence-corrected chi connectivity index (χ2v) is 9.45. The molecule has 0 aliphatic carbocycles. The van der Waals surface area contributed by atoms with E-state index in [1.807, 2.05) is 0 Å². The molecule has 0 spiro atoms. The van der Waals surface area contributed by atoms with Gasteiger partial charge in [-0.15, -0.1) is 0 Å². The average molecular weight is 499 g/mol. The third-order valence-corrected chi connectivity index (χ3v) is 6.60. The molecule has 7 nitrogen and oxygen atoms in total. The summed E-state index contributed by atoms with van der Waals surface area (Å²) in [4.78, 5) is 5.55. The number of anilines is 4. The molecule has 2 heterocycles. The van der Waals surface area contributed by atoms with Crippen molar-refractivity contribution in [2.45, 2.75) is 18.0 Å². The number of nitrogens with zero attached hydrogens (tertiary/aromatic N) is 2. The number of pyridine rings is 1. The lowest BCUT2D eigenvalue weighted by molar-refractivity contribution is -0.137. The van der Waals surface area contributed by atoms with Gasteiger partial charge in [0.2, 0.25) is 0 Å². The van der Waals surface area contributed by atoms with Gasteiger partial charge < -0.3 is 15.4 Å². The molecule has 0 saturated carbocycles. The second-order valence-electron chi connectivity index (χ2n) is 7.36. The van der Waals surface area contributed by atoms with E-state index in [0.29, 0.717) is 41.9 Å². The van der Waals surface area contributed by atoms with Crippen LogP contribution in [0.5, 0.6) is 5.75 Å². The Hall–Kier alpha value is -3.18. The van der Waals surface area contributed by atoms with Crippen LogP contribution in [-0.4, -0.2) is 26.6 Å². The van der Waals surface area contributed by atoms with Gasteiger partial charge in [-0.2, -0.15) is 13.2 Å². The molecule has 4 rings (SSSR count). The molecule has 1 aromatic heterocycles. The Bertz CT molecular complexity index is 1330. The van der Waals surface area contributed by atoms with Gasteiger partial charge in [-0.25, -0.2) is 13.4 Å². The first-order valence-corrected chi connectivity index (χ1v) is 11.5. The number of nitrogen functional groups attached to an aromatic ring is 1. The van der Waals surface area contributed by atoms with Gasteiger partial charge in [0.25, 0.3) is 10.0 Å². The fourth-order valence-corrected chi connectivity index (χ4v) is 4.70. The highest BCUT2D eigenvalue weighted by Gasteiger charge is 2.35. The van der Waals surface area contributed by atoms with Gasteiger partial charge in [-0.3, -0.25) is 4.72 Å². The van der Waals surface area contributed by atoms with Crippen molar-refractivity contribution in [3.8, 4) is 5.75 Å². The van der Waals surface area contributed by atoms with Gasteiger partial charge in [0.15, 0.2) is 5.82 Å². The summed E-state index contributed by atoms with van der Waals surface area (Å²) < 4.78 is 73.8. The molecule has 0 atom stereocenters. The zero-order valence-electron chi connectivity index (χ0n) is 17.1. The van der Waals surface area contributed by atoms with Crippen molar-refractivity contribution in [1.29, 1.82) is 0 Å². The summed E-state index contributed by atoms with van der Waals surface area (Å²) in [5.41, 5.74) is 6.45. The van der Waals surface area contributed by atoms with Crippen LogP contribution in [0.3, 0.4) is 0 Å². The third kappa shape index (κ3) is 4.64. The standard InChI is InChI=1S/C21H18ClF3N4O3S/c1-12-8-17(28-33(30,31)14-3-4-16(22)15(10-14)21(23,24)25)20(27-11-12)29-6-7-32-19-9-13(26)2-5-18(19)29/h2-5,8-11,28H,6-7,26H2,1H3. The summed E-state index contributed by atoms with van der Waals surface area (Å²) in [6.07, 6.45) is -3.25. The number of halogens is 4. The molecule has 33 heavy (non-hydrogen) atoms. The van der Waals surface area contributed by atoms with Crippen molar-refractivity contribution >= 4 is 44.5 Å². The first-order chi connectivity index (χ1) is 15.5. The molecular weight excluding hydrogens is 481 g/mol. The summed E-state index contributed by atoms with van der Waals surface area (Å²) in [5.74, 6) is 0.772. The molecule has 0 fully saturated rings. The molecular formula is C21H18ClF3N4O3S. The molecule has 3 aromatic rings. The number of rotatable bonds is 4. The molecule has 0 bridgehead atoms. The van der Waals surface area contributed by atoms with E-state index in [0.717, 1.165) is 12.1 Å². The van der Waals surface area contributed by atoms with E-state index in [1.165, 1.54) is 0 Å². The summed E-state index contributed by atoms with van der Waals surface area (Å²) in [5, 5.41) is -0.594. The number of sulfonamides is 1. The normalized spacial score (nSPS) is 13.9. The smallest absolute Gasteiger partial charge is 0.417 e. The quantitative estimate of drug-likeness (QED) is 0.493. The fourth-order valence-electron chi connectivity index (χ4n) is 3.40. The summed E-state index contributed by atoms with van der Waals surface area (Å²) in [6.45, 7) is 2.37. The van der Waals surface area contributed by atoms with Gasteiger partial charge in [0, 0.05) is 18.0 Å². The Morgan fingerprint density at radius 3 is 2.67 bits per heavy atom. The fraction of sp³-hybridized carbons (Fsp3) is 0.190. The number of fused-ring (bicyclic) bond motifs is 1.